The van der Waals surface area contributed by atoms with Crippen LogP contribution in [-0.4, -0.2) is 37.0 Å². The normalized spacial score (nSPS) is 10.9. The molecule has 1 N–H and O–H groups in total. The average Bonchev–Trinajstić information content (AvgIpc) is 2.90. The van der Waals surface area contributed by atoms with Gasteiger partial charge in [-0.25, -0.2) is 0 Å². The van der Waals surface area contributed by atoms with Gasteiger partial charge in [0.25, 0.3) is 0 Å². The molecular weight excluding hydrogens is 409 g/mol. The van der Waals surface area contributed by atoms with Crippen LogP contribution in [0.15, 0.2) is 18.2 Å². The number of ether oxygens (including phenoxy) is 1. The van der Waals surface area contributed by atoms with E-state index in [-0.39, 0.29) is 0 Å². The maximum absolute atomic E-state index is 6.13. The lowest BCUT2D eigenvalue weighted by Crippen LogP contribution is -2.21. The van der Waals surface area contributed by atoms with Crippen molar-refractivity contribution in [3.63, 3.8) is 0 Å². The molecular formula is C13H15ClIN3OS. The summed E-state index contributed by atoms with van der Waals surface area (Å²) in [5.74, 6) is 0. The van der Waals surface area contributed by atoms with Crippen molar-refractivity contribution in [1.82, 2.24) is 15.5 Å². The molecule has 2 aromatic rings. The molecule has 0 saturated heterocycles. The molecule has 1 heterocycles. The monoisotopic (exact) mass is 423 g/mol. The van der Waals surface area contributed by atoms with Crippen molar-refractivity contribution in [3.05, 3.63) is 31.8 Å². The maximum atomic E-state index is 6.13. The van der Waals surface area contributed by atoms with Crippen LogP contribution in [0.25, 0.3) is 10.6 Å². The second-order valence-electron chi connectivity index (χ2n) is 4.12. The third-order valence-electron chi connectivity index (χ3n) is 2.63. The van der Waals surface area contributed by atoms with Gasteiger partial charge in [-0.1, -0.05) is 29.0 Å². The summed E-state index contributed by atoms with van der Waals surface area (Å²) in [5.41, 5.74) is 1.02. The smallest absolute Gasteiger partial charge is 0.147 e. The number of nitrogens with one attached hydrogen (secondary N) is 1. The number of nitrogens with zero attached hydrogens (tertiary/aromatic N) is 2. The highest BCUT2D eigenvalue weighted by molar-refractivity contribution is 14.1. The summed E-state index contributed by atoms with van der Waals surface area (Å²) in [4.78, 5) is 0. The predicted octanol–water partition coefficient (Wildman–Crippen LogP) is 3.24. The highest BCUT2D eigenvalue weighted by Crippen LogP contribution is 2.28. The van der Waals surface area contributed by atoms with Crippen molar-refractivity contribution in [1.29, 1.82) is 0 Å². The number of rotatable bonds is 7. The van der Waals surface area contributed by atoms with Crippen LogP contribution in [0.4, 0.5) is 0 Å². The topological polar surface area (TPSA) is 47.0 Å². The zero-order chi connectivity index (χ0) is 14.4. The molecule has 0 spiro atoms. The van der Waals surface area contributed by atoms with Crippen LogP contribution < -0.4 is 5.32 Å². The van der Waals surface area contributed by atoms with Crippen LogP contribution in [0.5, 0.6) is 0 Å². The van der Waals surface area contributed by atoms with Gasteiger partial charge in [0.1, 0.15) is 10.0 Å². The van der Waals surface area contributed by atoms with Crippen LogP contribution in [0.2, 0.25) is 5.02 Å². The Kier molecular flexibility index (Phi) is 6.63. The van der Waals surface area contributed by atoms with E-state index in [4.69, 9.17) is 16.3 Å². The summed E-state index contributed by atoms with van der Waals surface area (Å²) in [6.07, 6.45) is 0.874. The third-order valence-corrected chi connectivity index (χ3v) is 5.24. The van der Waals surface area contributed by atoms with Crippen molar-refractivity contribution >= 4 is 45.5 Å². The minimum absolute atomic E-state index is 0.725. The maximum Gasteiger partial charge on any atom is 0.147 e. The Morgan fingerprint density at radius 2 is 2.20 bits per heavy atom. The SMILES string of the molecule is COCCNCCc1nnc(-c2ccc(I)c(Cl)c2)s1. The first-order chi connectivity index (χ1) is 9.70. The van der Waals surface area contributed by atoms with Gasteiger partial charge in [0.05, 0.1) is 11.6 Å². The number of hydrogen-bond donors (Lipinski definition) is 1. The number of hydrogen-bond acceptors (Lipinski definition) is 5. The van der Waals surface area contributed by atoms with Gasteiger partial charge in [-0.3, -0.25) is 0 Å². The second kappa shape index (κ2) is 8.23. The van der Waals surface area contributed by atoms with Crippen LogP contribution in [0, 0.1) is 3.57 Å². The summed E-state index contributed by atoms with van der Waals surface area (Å²) in [6.45, 7) is 2.46. The highest BCUT2D eigenvalue weighted by Gasteiger charge is 2.08. The van der Waals surface area contributed by atoms with Crippen LogP contribution >= 0.6 is 45.5 Å². The molecule has 0 fully saturated rings. The molecule has 4 nitrogen and oxygen atoms in total. The molecule has 0 aliphatic heterocycles. The molecule has 20 heavy (non-hydrogen) atoms. The van der Waals surface area contributed by atoms with E-state index in [1.807, 2.05) is 18.2 Å². The lowest BCUT2D eigenvalue weighted by Gasteiger charge is -2.01. The summed E-state index contributed by atoms with van der Waals surface area (Å²) in [6, 6.07) is 5.95. The molecule has 0 unspecified atom stereocenters. The minimum atomic E-state index is 0.725. The molecule has 0 aliphatic rings. The molecule has 7 heteroatoms. The van der Waals surface area contributed by atoms with Crippen LogP contribution in [0.1, 0.15) is 5.01 Å². The Morgan fingerprint density at radius 3 is 2.95 bits per heavy atom. The fourth-order valence-corrected chi connectivity index (χ4v) is 2.95. The summed E-state index contributed by atoms with van der Waals surface area (Å²) in [5, 5.41) is 14.4. The van der Waals surface area contributed by atoms with Gasteiger partial charge in [0.15, 0.2) is 0 Å². The Bertz CT molecular complexity index is 564. The van der Waals surface area contributed by atoms with Crippen molar-refractivity contribution < 1.29 is 4.74 Å². The Balaban J connectivity index is 1.93. The molecule has 0 bridgehead atoms. The summed E-state index contributed by atoms with van der Waals surface area (Å²) < 4.78 is 6.02. The van der Waals surface area contributed by atoms with Crippen molar-refractivity contribution in [2.75, 3.05) is 26.8 Å². The minimum Gasteiger partial charge on any atom is -0.383 e. The number of halogens is 2. The first-order valence-electron chi connectivity index (χ1n) is 6.18. The zero-order valence-corrected chi connectivity index (χ0v) is 14.8. The summed E-state index contributed by atoms with van der Waals surface area (Å²) >= 11 is 9.95. The number of benzene rings is 1. The van der Waals surface area contributed by atoms with E-state index < -0.39 is 0 Å². The van der Waals surface area contributed by atoms with Gasteiger partial charge in [0, 0.05) is 35.8 Å². The standard InChI is InChI=1S/C13H15ClIN3OS/c1-19-7-6-16-5-4-12-17-18-13(20-12)9-2-3-11(15)10(14)8-9/h2-3,8,16H,4-7H2,1H3. The van der Waals surface area contributed by atoms with Gasteiger partial charge in [-0.15, -0.1) is 10.2 Å². The average molecular weight is 424 g/mol. The van der Waals surface area contributed by atoms with E-state index in [1.54, 1.807) is 18.4 Å². The lowest BCUT2D eigenvalue weighted by molar-refractivity contribution is 0.199. The molecule has 108 valence electrons. The highest BCUT2D eigenvalue weighted by atomic mass is 127. The van der Waals surface area contributed by atoms with E-state index in [0.717, 1.165) is 50.3 Å². The predicted molar refractivity (Wildman–Crippen MR) is 91.5 cm³/mol. The third kappa shape index (κ3) is 4.63. The number of aromatic nitrogens is 2. The van der Waals surface area contributed by atoms with E-state index >= 15 is 0 Å². The van der Waals surface area contributed by atoms with Gasteiger partial charge >= 0.3 is 0 Å². The van der Waals surface area contributed by atoms with E-state index in [9.17, 15) is 0 Å². The van der Waals surface area contributed by atoms with Crippen molar-refractivity contribution in [2.45, 2.75) is 6.42 Å². The first kappa shape index (κ1) is 16.1. The quantitative estimate of drug-likeness (QED) is 0.549. The molecule has 0 aliphatic carbocycles. The van der Waals surface area contributed by atoms with E-state index in [0.29, 0.717) is 0 Å². The fourth-order valence-electron chi connectivity index (χ4n) is 1.60. The molecule has 1 aromatic heterocycles. The zero-order valence-electron chi connectivity index (χ0n) is 11.0. The van der Waals surface area contributed by atoms with Crippen LogP contribution in [-0.2, 0) is 11.2 Å². The largest absolute Gasteiger partial charge is 0.383 e. The Hall–Kier alpha value is -0.280. The van der Waals surface area contributed by atoms with Gasteiger partial charge in [-0.05, 0) is 34.7 Å². The molecule has 0 amide bonds. The van der Waals surface area contributed by atoms with Crippen molar-refractivity contribution in [3.8, 4) is 10.6 Å². The van der Waals surface area contributed by atoms with E-state index in [2.05, 4.69) is 38.1 Å². The second-order valence-corrected chi connectivity index (χ2v) is 6.75. The Labute approximate surface area is 141 Å². The van der Waals surface area contributed by atoms with Crippen LogP contribution in [0.3, 0.4) is 0 Å². The molecule has 1 aromatic carbocycles. The lowest BCUT2D eigenvalue weighted by atomic mass is 10.2. The molecule has 0 atom stereocenters. The summed E-state index contributed by atoms with van der Waals surface area (Å²) in [7, 11) is 1.70. The Morgan fingerprint density at radius 1 is 1.35 bits per heavy atom. The molecule has 0 saturated carbocycles. The number of methoxy groups -OCH3 is 1. The van der Waals surface area contributed by atoms with Crippen molar-refractivity contribution in [2.24, 2.45) is 0 Å². The van der Waals surface area contributed by atoms with Gasteiger partial charge < -0.3 is 10.1 Å². The van der Waals surface area contributed by atoms with Gasteiger partial charge in [-0.2, -0.15) is 0 Å². The molecule has 2 rings (SSSR count). The van der Waals surface area contributed by atoms with Gasteiger partial charge in [0.2, 0.25) is 0 Å². The first-order valence-corrected chi connectivity index (χ1v) is 8.45. The van der Waals surface area contributed by atoms with E-state index in [1.165, 1.54) is 0 Å². The molecule has 0 radical (unpaired) electrons. The fraction of sp³-hybridized carbons (Fsp3) is 0.385.